The largest absolute Gasteiger partial charge is 0.494 e. The van der Waals surface area contributed by atoms with Gasteiger partial charge < -0.3 is 15.4 Å². The molecule has 2 N–H and O–H groups in total. The van der Waals surface area contributed by atoms with Crippen molar-refractivity contribution < 1.29 is 9.13 Å². The molecule has 1 aromatic carbocycles. The number of rotatable bonds is 6. The Morgan fingerprint density at radius 1 is 1.32 bits per heavy atom. The molecule has 0 saturated heterocycles. The molecule has 0 atom stereocenters. The molecule has 0 saturated carbocycles. The van der Waals surface area contributed by atoms with Crippen LogP contribution in [0.25, 0.3) is 0 Å². The normalized spacial score (nSPS) is 11.0. The maximum atomic E-state index is 13.7. The third-order valence-corrected chi connectivity index (χ3v) is 4.74. The number of nitrogens with one attached hydrogen (secondary N) is 2. The van der Waals surface area contributed by atoms with E-state index in [1.165, 1.54) is 18.1 Å². The molecule has 5 nitrogen and oxygen atoms in total. The van der Waals surface area contributed by atoms with E-state index in [1.807, 2.05) is 13.0 Å². The number of thiazole rings is 1. The summed E-state index contributed by atoms with van der Waals surface area (Å²) >= 11 is 1.72. The topological polar surface area (TPSA) is 58.5 Å². The zero-order valence-electron chi connectivity index (χ0n) is 14.9. The molecule has 0 fully saturated rings. The fraction of sp³-hybridized carbons (Fsp3) is 0.412. The third-order valence-electron chi connectivity index (χ3n) is 3.60. The third kappa shape index (κ3) is 6.43. The first-order valence-corrected chi connectivity index (χ1v) is 8.55. The Balaban J connectivity index is 0.00000312. The van der Waals surface area contributed by atoms with E-state index in [0.717, 1.165) is 29.2 Å². The molecule has 0 unspecified atom stereocenters. The molecule has 138 valence electrons. The Kier molecular flexibility index (Phi) is 9.12. The van der Waals surface area contributed by atoms with Gasteiger partial charge in [0.15, 0.2) is 17.5 Å². The van der Waals surface area contributed by atoms with Crippen LogP contribution in [-0.4, -0.2) is 31.6 Å². The Morgan fingerprint density at radius 2 is 2.08 bits per heavy atom. The van der Waals surface area contributed by atoms with Crippen LogP contribution < -0.4 is 15.4 Å². The number of aliphatic imine (C=N–C) groups is 1. The van der Waals surface area contributed by atoms with Crippen LogP contribution in [0.15, 0.2) is 23.2 Å². The van der Waals surface area contributed by atoms with E-state index >= 15 is 0 Å². The van der Waals surface area contributed by atoms with Gasteiger partial charge in [-0.3, -0.25) is 4.99 Å². The summed E-state index contributed by atoms with van der Waals surface area (Å²) in [5, 5.41) is 7.52. The number of hydrogen-bond donors (Lipinski definition) is 2. The molecule has 1 aromatic heterocycles. The highest BCUT2D eigenvalue weighted by molar-refractivity contribution is 14.0. The number of guanidine groups is 1. The molecule has 1 heterocycles. The lowest BCUT2D eigenvalue weighted by molar-refractivity contribution is 0.386. The molecule has 0 aliphatic heterocycles. The Morgan fingerprint density at radius 3 is 2.64 bits per heavy atom. The van der Waals surface area contributed by atoms with Gasteiger partial charge in [0.25, 0.3) is 0 Å². The van der Waals surface area contributed by atoms with E-state index in [2.05, 4.69) is 27.5 Å². The number of halogens is 2. The summed E-state index contributed by atoms with van der Waals surface area (Å²) in [5.41, 5.74) is 1.92. The molecule has 25 heavy (non-hydrogen) atoms. The van der Waals surface area contributed by atoms with Crippen LogP contribution in [0.1, 0.15) is 21.1 Å². The minimum absolute atomic E-state index is 0. The predicted molar refractivity (Wildman–Crippen MR) is 112 cm³/mol. The molecule has 0 spiro atoms. The lowest BCUT2D eigenvalue weighted by Crippen LogP contribution is -2.37. The second-order valence-corrected chi connectivity index (χ2v) is 6.61. The zero-order chi connectivity index (χ0) is 17.5. The Bertz CT molecular complexity index is 701. The first kappa shape index (κ1) is 21.6. The lowest BCUT2D eigenvalue weighted by Gasteiger charge is -2.12. The van der Waals surface area contributed by atoms with Crippen molar-refractivity contribution in [1.82, 2.24) is 15.6 Å². The van der Waals surface area contributed by atoms with E-state index in [-0.39, 0.29) is 35.5 Å². The molecule has 2 rings (SSSR count). The highest BCUT2D eigenvalue weighted by Gasteiger charge is 2.06. The minimum atomic E-state index is -0.366. The van der Waals surface area contributed by atoms with Gasteiger partial charge in [-0.2, -0.15) is 0 Å². The first-order chi connectivity index (χ1) is 11.5. The van der Waals surface area contributed by atoms with Crippen molar-refractivity contribution in [2.45, 2.75) is 26.8 Å². The summed E-state index contributed by atoms with van der Waals surface area (Å²) in [5.74, 6) is 0.556. The van der Waals surface area contributed by atoms with Gasteiger partial charge in [-0.15, -0.1) is 35.3 Å². The van der Waals surface area contributed by atoms with Gasteiger partial charge in [-0.25, -0.2) is 9.37 Å². The van der Waals surface area contributed by atoms with Crippen molar-refractivity contribution in [2.75, 3.05) is 20.7 Å². The molecular formula is C17H24FIN4OS. The van der Waals surface area contributed by atoms with Crippen LogP contribution in [0.2, 0.25) is 0 Å². The highest BCUT2D eigenvalue weighted by atomic mass is 127. The van der Waals surface area contributed by atoms with E-state index in [9.17, 15) is 4.39 Å². The van der Waals surface area contributed by atoms with Crippen molar-refractivity contribution >= 4 is 41.3 Å². The summed E-state index contributed by atoms with van der Waals surface area (Å²) in [6.07, 6.45) is 0.844. The molecule has 2 aromatic rings. The average Bonchev–Trinajstić information content (AvgIpc) is 2.89. The van der Waals surface area contributed by atoms with Crippen LogP contribution in [0.5, 0.6) is 5.75 Å². The second kappa shape index (κ2) is 10.5. The summed E-state index contributed by atoms with van der Waals surface area (Å²) in [6, 6.07) is 4.90. The maximum Gasteiger partial charge on any atom is 0.191 e. The highest BCUT2D eigenvalue weighted by Crippen LogP contribution is 2.17. The molecule has 8 heteroatoms. The summed E-state index contributed by atoms with van der Waals surface area (Å²) < 4.78 is 18.6. The van der Waals surface area contributed by atoms with Crippen molar-refractivity contribution in [2.24, 2.45) is 4.99 Å². The van der Waals surface area contributed by atoms with Crippen LogP contribution in [0, 0.1) is 19.7 Å². The zero-order valence-corrected chi connectivity index (χ0v) is 18.0. The molecule has 0 aliphatic rings. The van der Waals surface area contributed by atoms with E-state index in [4.69, 9.17) is 4.74 Å². The first-order valence-electron chi connectivity index (χ1n) is 7.73. The SMILES string of the molecule is CN=C(NCCc1nc(C)c(C)s1)NCc1ccc(OC)c(F)c1.I. The fourth-order valence-electron chi connectivity index (χ4n) is 2.16. The molecule has 0 aliphatic carbocycles. The van der Waals surface area contributed by atoms with Crippen LogP contribution in [-0.2, 0) is 13.0 Å². The molecular weight excluding hydrogens is 454 g/mol. The van der Waals surface area contributed by atoms with Gasteiger partial charge in [-0.1, -0.05) is 6.07 Å². The number of methoxy groups -OCH3 is 1. The van der Waals surface area contributed by atoms with Gasteiger partial charge in [0.1, 0.15) is 0 Å². The molecule has 0 bridgehead atoms. The number of ether oxygens (including phenoxy) is 1. The van der Waals surface area contributed by atoms with Gasteiger partial charge in [0.2, 0.25) is 0 Å². The van der Waals surface area contributed by atoms with E-state index < -0.39 is 0 Å². The quantitative estimate of drug-likeness (QED) is 0.380. The smallest absolute Gasteiger partial charge is 0.191 e. The van der Waals surface area contributed by atoms with Crippen molar-refractivity contribution in [3.05, 3.63) is 45.2 Å². The lowest BCUT2D eigenvalue weighted by atomic mass is 10.2. The number of nitrogens with zero attached hydrogens (tertiary/aromatic N) is 2. The molecule has 0 radical (unpaired) electrons. The average molecular weight is 478 g/mol. The number of benzene rings is 1. The standard InChI is InChI=1S/C17H23FN4OS.HI/c1-11-12(2)24-16(22-11)7-8-20-17(19-3)21-10-13-5-6-15(23-4)14(18)9-13;/h5-6,9H,7-8,10H2,1-4H3,(H2,19,20,21);1H. The maximum absolute atomic E-state index is 13.7. The number of aryl methyl sites for hydroxylation is 2. The van der Waals surface area contributed by atoms with Crippen molar-refractivity contribution in [3.63, 3.8) is 0 Å². The van der Waals surface area contributed by atoms with Gasteiger partial charge >= 0.3 is 0 Å². The van der Waals surface area contributed by atoms with Crippen LogP contribution >= 0.6 is 35.3 Å². The number of aromatic nitrogens is 1. The number of hydrogen-bond acceptors (Lipinski definition) is 4. The van der Waals surface area contributed by atoms with Gasteiger partial charge in [0.05, 0.1) is 17.8 Å². The van der Waals surface area contributed by atoms with Gasteiger partial charge in [-0.05, 0) is 31.5 Å². The van der Waals surface area contributed by atoms with Crippen LogP contribution in [0.4, 0.5) is 4.39 Å². The van der Waals surface area contributed by atoms with Crippen LogP contribution in [0.3, 0.4) is 0 Å². The molecule has 0 amide bonds. The van der Waals surface area contributed by atoms with Crippen molar-refractivity contribution in [1.29, 1.82) is 0 Å². The Hall–Kier alpha value is -1.42. The van der Waals surface area contributed by atoms with E-state index in [1.54, 1.807) is 24.5 Å². The van der Waals surface area contributed by atoms with E-state index in [0.29, 0.717) is 12.5 Å². The minimum Gasteiger partial charge on any atom is -0.494 e. The van der Waals surface area contributed by atoms with Crippen molar-refractivity contribution in [3.8, 4) is 5.75 Å². The monoisotopic (exact) mass is 478 g/mol. The second-order valence-electron chi connectivity index (χ2n) is 5.32. The van der Waals surface area contributed by atoms with Gasteiger partial charge in [0, 0.05) is 31.4 Å². The predicted octanol–water partition coefficient (Wildman–Crippen LogP) is 3.43. The summed E-state index contributed by atoms with van der Waals surface area (Å²) in [7, 11) is 3.16. The fourth-order valence-corrected chi connectivity index (χ4v) is 3.09. The summed E-state index contributed by atoms with van der Waals surface area (Å²) in [4.78, 5) is 9.95. The Labute approximate surface area is 169 Å². The summed E-state index contributed by atoms with van der Waals surface area (Å²) in [6.45, 7) is 5.33.